The van der Waals surface area contributed by atoms with E-state index in [1.807, 2.05) is 42.7 Å². The molecule has 0 unspecified atom stereocenters. The van der Waals surface area contributed by atoms with E-state index < -0.39 is 0 Å². The smallest absolute Gasteiger partial charge is 0.144 e. The molecule has 26 heavy (non-hydrogen) atoms. The Morgan fingerprint density at radius 2 is 1.92 bits per heavy atom. The van der Waals surface area contributed by atoms with Gasteiger partial charge in [0.15, 0.2) is 0 Å². The highest BCUT2D eigenvalue weighted by molar-refractivity contribution is 5.94. The Hall–Kier alpha value is -2.99. The van der Waals surface area contributed by atoms with E-state index in [1.165, 1.54) is 0 Å². The zero-order chi connectivity index (χ0) is 17.9. The van der Waals surface area contributed by atoms with Gasteiger partial charge >= 0.3 is 0 Å². The summed E-state index contributed by atoms with van der Waals surface area (Å²) in [4.78, 5) is 4.73. The molecule has 0 saturated heterocycles. The molecule has 0 radical (unpaired) electrons. The molecule has 0 N–H and O–H groups in total. The first kappa shape index (κ1) is 16.5. The van der Waals surface area contributed by atoms with Crippen molar-refractivity contribution >= 4 is 11.0 Å². The molecule has 0 spiro atoms. The Labute approximate surface area is 151 Å². The van der Waals surface area contributed by atoms with Gasteiger partial charge in [0, 0.05) is 18.2 Å². The number of aromatic nitrogens is 4. The van der Waals surface area contributed by atoms with Crippen LogP contribution in [0.2, 0.25) is 0 Å². The number of hydrogen-bond acceptors (Lipinski definition) is 5. The van der Waals surface area contributed by atoms with Gasteiger partial charge in [-0.25, -0.2) is 9.61 Å². The minimum atomic E-state index is 0.176. The number of imidazole rings is 1. The van der Waals surface area contributed by atoms with E-state index in [4.69, 9.17) is 14.3 Å². The molecule has 132 valence electrons. The van der Waals surface area contributed by atoms with E-state index in [0.29, 0.717) is 6.61 Å². The standard InChI is InChI=1S/C20H20N4O2/c1-3-15(12-25-2)24-13-21-18(14-8-5-4-6-9-14)20(24)16-10-7-11-17-19(16)23-26-22-17/h4-11,13,15H,3,12H2,1-2H3/t15-/m0/s1. The first-order valence-electron chi connectivity index (χ1n) is 8.66. The maximum Gasteiger partial charge on any atom is 0.144 e. The van der Waals surface area contributed by atoms with Crippen molar-refractivity contribution < 1.29 is 9.37 Å². The molecule has 0 amide bonds. The molecule has 0 aliphatic carbocycles. The number of methoxy groups -OCH3 is 1. The van der Waals surface area contributed by atoms with Crippen molar-refractivity contribution in [3.8, 4) is 22.5 Å². The van der Waals surface area contributed by atoms with Crippen molar-refractivity contribution in [2.24, 2.45) is 0 Å². The predicted molar refractivity (Wildman–Crippen MR) is 99.7 cm³/mol. The molecule has 2 aromatic carbocycles. The van der Waals surface area contributed by atoms with E-state index in [-0.39, 0.29) is 6.04 Å². The van der Waals surface area contributed by atoms with Gasteiger partial charge in [0.25, 0.3) is 0 Å². The lowest BCUT2D eigenvalue weighted by atomic mass is 10.0. The van der Waals surface area contributed by atoms with Gasteiger partial charge in [-0.3, -0.25) is 0 Å². The van der Waals surface area contributed by atoms with E-state index in [2.05, 4.69) is 33.9 Å². The average molecular weight is 348 g/mol. The summed E-state index contributed by atoms with van der Waals surface area (Å²) < 4.78 is 12.6. The first-order valence-corrected chi connectivity index (χ1v) is 8.66. The van der Waals surface area contributed by atoms with Crippen LogP contribution in [0.4, 0.5) is 0 Å². The van der Waals surface area contributed by atoms with Crippen molar-refractivity contribution in [3.05, 3.63) is 54.9 Å². The lowest BCUT2D eigenvalue weighted by molar-refractivity contribution is 0.154. The van der Waals surface area contributed by atoms with Gasteiger partial charge in [0.2, 0.25) is 0 Å². The first-order chi connectivity index (χ1) is 12.8. The highest BCUT2D eigenvalue weighted by atomic mass is 16.6. The summed E-state index contributed by atoms with van der Waals surface area (Å²) in [6, 6.07) is 16.2. The van der Waals surface area contributed by atoms with Gasteiger partial charge in [-0.05, 0) is 22.8 Å². The zero-order valence-corrected chi connectivity index (χ0v) is 14.8. The highest BCUT2D eigenvalue weighted by Gasteiger charge is 2.22. The largest absolute Gasteiger partial charge is 0.383 e. The topological polar surface area (TPSA) is 66.0 Å². The van der Waals surface area contributed by atoms with Gasteiger partial charge < -0.3 is 9.30 Å². The summed E-state index contributed by atoms with van der Waals surface area (Å²) >= 11 is 0. The predicted octanol–water partition coefficient (Wildman–Crippen LogP) is 4.35. The molecule has 0 fully saturated rings. The van der Waals surface area contributed by atoms with E-state index in [1.54, 1.807) is 7.11 Å². The fourth-order valence-electron chi connectivity index (χ4n) is 3.30. The van der Waals surface area contributed by atoms with Crippen LogP contribution in [0.5, 0.6) is 0 Å². The van der Waals surface area contributed by atoms with Crippen LogP contribution in [0, 0.1) is 0 Å². The van der Waals surface area contributed by atoms with E-state index in [9.17, 15) is 0 Å². The number of nitrogens with zero attached hydrogens (tertiary/aromatic N) is 4. The average Bonchev–Trinajstić information content (AvgIpc) is 3.33. The summed E-state index contributed by atoms with van der Waals surface area (Å²) in [5, 5.41) is 8.11. The molecule has 0 aliphatic heterocycles. The van der Waals surface area contributed by atoms with Crippen LogP contribution in [0.25, 0.3) is 33.5 Å². The third-order valence-corrected chi connectivity index (χ3v) is 4.61. The van der Waals surface area contributed by atoms with Gasteiger partial charge in [-0.1, -0.05) is 49.4 Å². The Morgan fingerprint density at radius 1 is 1.08 bits per heavy atom. The van der Waals surface area contributed by atoms with Crippen LogP contribution in [-0.4, -0.2) is 33.6 Å². The maximum atomic E-state index is 5.43. The monoisotopic (exact) mass is 348 g/mol. The van der Waals surface area contributed by atoms with Gasteiger partial charge in [-0.15, -0.1) is 0 Å². The third kappa shape index (κ3) is 2.78. The normalized spacial score (nSPS) is 12.5. The van der Waals surface area contributed by atoms with Crippen LogP contribution >= 0.6 is 0 Å². The number of rotatable bonds is 6. The fraction of sp³-hybridized carbons (Fsp3) is 0.250. The number of benzene rings is 2. The summed E-state index contributed by atoms with van der Waals surface area (Å²) in [6.07, 6.45) is 2.82. The van der Waals surface area contributed by atoms with Gasteiger partial charge in [-0.2, -0.15) is 0 Å². The SMILES string of the molecule is CC[C@@H](COC)n1cnc(-c2ccccc2)c1-c1cccc2nonc12. The molecular weight excluding hydrogens is 328 g/mol. The van der Waals surface area contributed by atoms with Crippen molar-refractivity contribution in [3.63, 3.8) is 0 Å². The minimum absolute atomic E-state index is 0.176. The molecule has 0 saturated carbocycles. The zero-order valence-electron chi connectivity index (χ0n) is 14.8. The molecule has 0 aliphatic rings. The summed E-state index contributed by atoms with van der Waals surface area (Å²) in [7, 11) is 1.72. The quantitative estimate of drug-likeness (QED) is 0.518. The van der Waals surface area contributed by atoms with Crippen LogP contribution in [0.15, 0.2) is 59.5 Å². The molecule has 0 bridgehead atoms. The molecule has 6 nitrogen and oxygen atoms in total. The molecular formula is C20H20N4O2. The van der Waals surface area contributed by atoms with Crippen molar-refractivity contribution in [1.82, 2.24) is 19.9 Å². The molecule has 4 rings (SSSR count). The van der Waals surface area contributed by atoms with Crippen LogP contribution in [0.1, 0.15) is 19.4 Å². The third-order valence-electron chi connectivity index (χ3n) is 4.61. The summed E-state index contributed by atoms with van der Waals surface area (Å²) in [6.45, 7) is 2.76. The Balaban J connectivity index is 1.98. The molecule has 4 aromatic rings. The Bertz CT molecular complexity index is 1010. The van der Waals surface area contributed by atoms with Gasteiger partial charge in [0.1, 0.15) is 11.0 Å². The van der Waals surface area contributed by atoms with E-state index in [0.717, 1.165) is 40.0 Å². The highest BCUT2D eigenvalue weighted by Crippen LogP contribution is 2.36. The van der Waals surface area contributed by atoms with Crippen LogP contribution < -0.4 is 0 Å². The summed E-state index contributed by atoms with van der Waals surface area (Å²) in [5.41, 5.74) is 5.39. The summed E-state index contributed by atoms with van der Waals surface area (Å²) in [5.74, 6) is 0. The second kappa shape index (κ2) is 7.09. The Kier molecular flexibility index (Phi) is 4.50. The lowest BCUT2D eigenvalue weighted by Crippen LogP contribution is -2.14. The fourth-order valence-corrected chi connectivity index (χ4v) is 3.30. The van der Waals surface area contributed by atoms with Crippen molar-refractivity contribution in [2.75, 3.05) is 13.7 Å². The molecule has 6 heteroatoms. The molecule has 1 atom stereocenters. The van der Waals surface area contributed by atoms with Crippen LogP contribution in [0.3, 0.4) is 0 Å². The minimum Gasteiger partial charge on any atom is -0.383 e. The Morgan fingerprint density at radius 3 is 2.69 bits per heavy atom. The number of ether oxygens (including phenoxy) is 1. The molecule has 2 heterocycles. The van der Waals surface area contributed by atoms with Crippen molar-refractivity contribution in [1.29, 1.82) is 0 Å². The van der Waals surface area contributed by atoms with E-state index >= 15 is 0 Å². The van der Waals surface area contributed by atoms with Crippen LogP contribution in [-0.2, 0) is 4.74 Å². The number of hydrogen-bond donors (Lipinski definition) is 0. The lowest BCUT2D eigenvalue weighted by Gasteiger charge is -2.19. The molecule has 2 aromatic heterocycles. The second-order valence-electron chi connectivity index (χ2n) is 6.17. The van der Waals surface area contributed by atoms with Crippen molar-refractivity contribution in [2.45, 2.75) is 19.4 Å². The van der Waals surface area contributed by atoms with Gasteiger partial charge in [0.05, 0.1) is 30.4 Å². The maximum absolute atomic E-state index is 5.43. The number of fused-ring (bicyclic) bond motifs is 1. The second-order valence-corrected chi connectivity index (χ2v) is 6.17.